The van der Waals surface area contributed by atoms with E-state index in [1.54, 1.807) is 0 Å². The fraction of sp³-hybridized carbons (Fsp3) is 0. The van der Waals surface area contributed by atoms with Crippen LogP contribution in [0.3, 0.4) is 0 Å². The largest absolute Gasteiger partial charge is 0.309 e. The van der Waals surface area contributed by atoms with E-state index >= 15 is 0 Å². The van der Waals surface area contributed by atoms with E-state index in [0.717, 1.165) is 112 Å². The number of nitrogens with zero attached hydrogens (tertiary/aromatic N) is 9. The summed E-state index contributed by atoms with van der Waals surface area (Å²) in [4.78, 5) is 21.4. The van der Waals surface area contributed by atoms with Gasteiger partial charge in [-0.1, -0.05) is 255 Å². The molecule has 117 heavy (non-hydrogen) atoms. The Balaban J connectivity index is 0.000000137. The molecule has 0 atom stereocenters. The Morgan fingerprint density at radius 1 is 0.154 bits per heavy atom. The third-order valence-corrected chi connectivity index (χ3v) is 23.9. The molecular formula is C108H67N9. The Kier molecular flexibility index (Phi) is 14.9. The van der Waals surface area contributed by atoms with Crippen LogP contribution in [0, 0.1) is 0 Å². The quantitative estimate of drug-likeness (QED) is 0.144. The highest BCUT2D eigenvalue weighted by Crippen LogP contribution is 2.46. The molecule has 0 saturated carbocycles. The number of rotatable bonds is 9. The van der Waals surface area contributed by atoms with E-state index in [1.807, 2.05) is 42.5 Å². The van der Waals surface area contributed by atoms with Gasteiger partial charge in [0.05, 0.1) is 77.2 Å². The molecule has 0 radical (unpaired) electrons. The van der Waals surface area contributed by atoms with Crippen molar-refractivity contribution in [3.8, 4) is 73.5 Å². The van der Waals surface area contributed by atoms with Crippen LogP contribution in [0.2, 0.25) is 0 Å². The third-order valence-electron chi connectivity index (χ3n) is 23.9. The smallest absolute Gasteiger partial charge is 0.165 e. The van der Waals surface area contributed by atoms with E-state index < -0.39 is 0 Å². The van der Waals surface area contributed by atoms with Crippen molar-refractivity contribution in [1.82, 2.24) is 42.8 Å². The van der Waals surface area contributed by atoms with Crippen LogP contribution in [0.1, 0.15) is 0 Å². The van der Waals surface area contributed by atoms with E-state index in [0.29, 0.717) is 0 Å². The second-order valence-electron chi connectivity index (χ2n) is 30.4. The zero-order valence-electron chi connectivity index (χ0n) is 63.2. The van der Waals surface area contributed by atoms with Gasteiger partial charge < -0.3 is 13.7 Å². The molecule has 7 heterocycles. The average Bonchev–Trinajstić information content (AvgIpc) is 1.57. The predicted octanol–water partition coefficient (Wildman–Crippen LogP) is 27.7. The molecule has 0 aliphatic heterocycles. The maximum Gasteiger partial charge on any atom is 0.165 e. The Bertz CT molecular complexity index is 8380. The Labute approximate surface area is 671 Å². The minimum atomic E-state index is 0.802. The molecule has 0 amide bonds. The Morgan fingerprint density at radius 3 is 0.829 bits per heavy atom. The summed E-state index contributed by atoms with van der Waals surface area (Å²) in [7, 11) is 0. The molecule has 0 spiro atoms. The molecule has 25 rings (SSSR count). The lowest BCUT2D eigenvalue weighted by Gasteiger charge is -2.14. The Morgan fingerprint density at radius 2 is 0.419 bits per heavy atom. The van der Waals surface area contributed by atoms with Gasteiger partial charge in [0.1, 0.15) is 11.4 Å². The van der Waals surface area contributed by atoms with Crippen LogP contribution in [-0.4, -0.2) is 42.8 Å². The van der Waals surface area contributed by atoms with Crippen molar-refractivity contribution in [1.29, 1.82) is 0 Å². The normalized spacial score (nSPS) is 11.9. The Hall–Kier alpha value is -15.8. The van der Waals surface area contributed by atoms with Gasteiger partial charge in [0.25, 0.3) is 0 Å². The molecule has 0 N–H and O–H groups in total. The van der Waals surface area contributed by atoms with Crippen molar-refractivity contribution >= 4 is 153 Å². The van der Waals surface area contributed by atoms with Crippen LogP contribution in [0.5, 0.6) is 0 Å². The van der Waals surface area contributed by atoms with Crippen molar-refractivity contribution in [2.45, 2.75) is 0 Å². The third kappa shape index (κ3) is 10.4. The number of aromatic nitrogens is 9. The van der Waals surface area contributed by atoms with E-state index in [2.05, 4.69) is 387 Å². The second-order valence-corrected chi connectivity index (χ2v) is 30.4. The van der Waals surface area contributed by atoms with Crippen molar-refractivity contribution in [2.75, 3.05) is 0 Å². The number of fused-ring (bicyclic) bond motifs is 21. The topological polar surface area (TPSA) is 76.2 Å². The summed E-state index contributed by atoms with van der Waals surface area (Å²) in [6.07, 6.45) is 0. The molecule has 0 bridgehead atoms. The molecule has 0 aliphatic carbocycles. The van der Waals surface area contributed by atoms with Gasteiger partial charge in [0.2, 0.25) is 0 Å². The standard InChI is InChI=1S/C60H37N5.C48H30N4/c1-3-16-42(17-4-1)63-52-25-13-9-21-45(52)48-37-41(30-33-54(48)63)59-60(62-51-24-12-11-23-50(51)61-59)65-53-26-14-10-22-46(53)47-35-39(28-31-55(47)65)40-29-32-56-49(36-40)58-44-20-8-7-15-38(44)27-34-57(58)64(56)43-18-5-2-6-19-43;1-3-14-32(15-4-1)47-48(50-41-21-11-10-20-40(41)49-47)52-42-22-12-9-19-37(42)38-29-33(24-26-43(38)52)34-25-27-44-39(30-34)46-36-18-8-7-13-31(36)23-28-45(46)51(44)35-16-5-2-6-17-35/h1-37H;1-30H. The number of benzene rings is 18. The highest BCUT2D eigenvalue weighted by molar-refractivity contribution is 6.24. The predicted molar refractivity (Wildman–Crippen MR) is 488 cm³/mol. The molecule has 18 aromatic carbocycles. The first-order valence-corrected chi connectivity index (χ1v) is 39.8. The zero-order valence-corrected chi connectivity index (χ0v) is 63.2. The molecule has 0 saturated heterocycles. The van der Waals surface area contributed by atoms with Gasteiger partial charge in [-0.3, -0.25) is 9.13 Å². The molecule has 7 aromatic heterocycles. The maximum absolute atomic E-state index is 5.48. The number of hydrogen-bond donors (Lipinski definition) is 0. The molecule has 0 fully saturated rings. The molecular weight excluding hydrogens is 1420 g/mol. The number of para-hydroxylation sites is 10. The minimum absolute atomic E-state index is 0.802. The van der Waals surface area contributed by atoms with Gasteiger partial charge in [0, 0.05) is 82.1 Å². The van der Waals surface area contributed by atoms with Crippen molar-refractivity contribution in [2.24, 2.45) is 0 Å². The fourth-order valence-electron chi connectivity index (χ4n) is 18.7. The number of hydrogen-bond acceptors (Lipinski definition) is 4. The van der Waals surface area contributed by atoms with Crippen molar-refractivity contribution < 1.29 is 0 Å². The maximum atomic E-state index is 5.48. The molecule has 544 valence electrons. The summed E-state index contributed by atoms with van der Waals surface area (Å²) in [5, 5.41) is 17.1. The first kappa shape index (κ1) is 65.8. The lowest BCUT2D eigenvalue weighted by molar-refractivity contribution is 1.08. The highest BCUT2D eigenvalue weighted by Gasteiger charge is 2.26. The summed E-state index contributed by atoms with van der Waals surface area (Å²) in [6, 6.07) is 146. The van der Waals surface area contributed by atoms with E-state index in [-0.39, 0.29) is 0 Å². The minimum Gasteiger partial charge on any atom is -0.309 e. The van der Waals surface area contributed by atoms with E-state index in [1.165, 1.54) is 114 Å². The lowest BCUT2D eigenvalue weighted by Crippen LogP contribution is -2.03. The van der Waals surface area contributed by atoms with Crippen LogP contribution in [-0.2, 0) is 0 Å². The van der Waals surface area contributed by atoms with Gasteiger partial charge in [-0.25, -0.2) is 19.9 Å². The average molecular weight is 1490 g/mol. The van der Waals surface area contributed by atoms with Gasteiger partial charge >= 0.3 is 0 Å². The zero-order chi connectivity index (χ0) is 76.8. The van der Waals surface area contributed by atoms with Crippen molar-refractivity contribution in [3.63, 3.8) is 0 Å². The molecule has 0 aliphatic rings. The van der Waals surface area contributed by atoms with E-state index in [4.69, 9.17) is 19.9 Å². The highest BCUT2D eigenvalue weighted by atomic mass is 15.1. The molecule has 9 heteroatoms. The van der Waals surface area contributed by atoms with Crippen LogP contribution in [0.25, 0.3) is 226 Å². The first-order chi connectivity index (χ1) is 58.0. The fourth-order valence-corrected chi connectivity index (χ4v) is 18.7. The van der Waals surface area contributed by atoms with Gasteiger partial charge in [-0.05, 0) is 195 Å². The van der Waals surface area contributed by atoms with Gasteiger partial charge in [-0.15, -0.1) is 0 Å². The van der Waals surface area contributed by atoms with Crippen LogP contribution in [0.15, 0.2) is 406 Å². The molecule has 0 unspecified atom stereocenters. The van der Waals surface area contributed by atoms with Gasteiger partial charge in [0.15, 0.2) is 11.6 Å². The first-order valence-electron chi connectivity index (χ1n) is 39.8. The van der Waals surface area contributed by atoms with Gasteiger partial charge in [-0.2, -0.15) is 0 Å². The SMILES string of the molecule is c1ccc(-c2nc3ccccc3nc2-n2c3ccccc3c3cc(-c4ccc5c(c4)c4c6ccccc6ccc4n5-c4ccccc4)ccc32)cc1.c1ccc(-n2c3ccccc3c3cc(-c4nc5ccccc5nc4-n4c5ccccc5c5cc(-c6ccc7c(c6)c6c8ccccc8ccc6n7-c6ccccc6)ccc54)ccc32)cc1. The van der Waals surface area contributed by atoms with Crippen LogP contribution >= 0.6 is 0 Å². The molecule has 9 nitrogen and oxygen atoms in total. The lowest BCUT2D eigenvalue weighted by atomic mass is 9.99. The van der Waals surface area contributed by atoms with Crippen LogP contribution < -0.4 is 0 Å². The molecule has 25 aromatic rings. The monoisotopic (exact) mass is 1490 g/mol. The summed E-state index contributed by atoms with van der Waals surface area (Å²) in [5.41, 5.74) is 26.8. The van der Waals surface area contributed by atoms with E-state index in [9.17, 15) is 0 Å². The summed E-state index contributed by atoms with van der Waals surface area (Å²) in [5.74, 6) is 1.63. The second kappa shape index (κ2) is 26.4. The summed E-state index contributed by atoms with van der Waals surface area (Å²) < 4.78 is 11.8. The van der Waals surface area contributed by atoms with Crippen molar-refractivity contribution in [3.05, 3.63) is 406 Å². The summed E-state index contributed by atoms with van der Waals surface area (Å²) in [6.45, 7) is 0. The van der Waals surface area contributed by atoms with Crippen LogP contribution in [0.4, 0.5) is 0 Å². The summed E-state index contributed by atoms with van der Waals surface area (Å²) >= 11 is 0.